The first-order valence-corrected chi connectivity index (χ1v) is 11.9. The van der Waals surface area contributed by atoms with Gasteiger partial charge in [0.2, 0.25) is 10.0 Å². The molecule has 1 fully saturated rings. The first-order chi connectivity index (χ1) is 14.4. The van der Waals surface area contributed by atoms with E-state index in [1.165, 1.54) is 10.4 Å². The molecule has 6 nitrogen and oxygen atoms in total. The van der Waals surface area contributed by atoms with Crippen LogP contribution in [0.3, 0.4) is 0 Å². The van der Waals surface area contributed by atoms with Crippen molar-refractivity contribution in [3.8, 4) is 5.75 Å². The molecule has 162 valence electrons. The summed E-state index contributed by atoms with van der Waals surface area (Å²) in [5, 5.41) is 3.05. The van der Waals surface area contributed by atoms with Crippen LogP contribution in [0.15, 0.2) is 47.4 Å². The van der Waals surface area contributed by atoms with E-state index in [9.17, 15) is 13.2 Å². The number of methoxy groups -OCH3 is 1. The lowest BCUT2D eigenvalue weighted by Crippen LogP contribution is -2.36. The van der Waals surface area contributed by atoms with Gasteiger partial charge in [0.1, 0.15) is 5.75 Å². The molecular weight excluding hydrogens is 400 g/mol. The summed E-state index contributed by atoms with van der Waals surface area (Å²) >= 11 is 0. The van der Waals surface area contributed by atoms with Gasteiger partial charge < -0.3 is 10.1 Å². The third-order valence-corrected chi connectivity index (χ3v) is 7.53. The average molecular weight is 431 g/mol. The highest BCUT2D eigenvalue weighted by molar-refractivity contribution is 7.89. The molecule has 0 bridgehead atoms. The molecule has 1 heterocycles. The van der Waals surface area contributed by atoms with Gasteiger partial charge in [0.15, 0.2) is 0 Å². The summed E-state index contributed by atoms with van der Waals surface area (Å²) < 4.78 is 32.8. The van der Waals surface area contributed by atoms with E-state index in [4.69, 9.17) is 4.74 Å². The van der Waals surface area contributed by atoms with Crippen molar-refractivity contribution in [3.63, 3.8) is 0 Å². The predicted molar refractivity (Wildman–Crippen MR) is 117 cm³/mol. The third-order valence-electron chi connectivity index (χ3n) is 5.64. The molecule has 3 rings (SSSR count). The molecule has 1 saturated heterocycles. The Kier molecular flexibility index (Phi) is 7.15. The van der Waals surface area contributed by atoms with Gasteiger partial charge in [-0.15, -0.1) is 0 Å². The van der Waals surface area contributed by atoms with Crippen LogP contribution < -0.4 is 10.1 Å². The number of ether oxygens (including phenoxy) is 1. The Morgan fingerprint density at radius 1 is 1.10 bits per heavy atom. The third kappa shape index (κ3) is 4.84. The molecule has 1 atom stereocenters. The van der Waals surface area contributed by atoms with Gasteiger partial charge in [-0.05, 0) is 61.6 Å². The van der Waals surface area contributed by atoms with Crippen LogP contribution in [0.5, 0.6) is 5.75 Å². The second-order valence-corrected chi connectivity index (χ2v) is 9.59. The maximum Gasteiger partial charge on any atom is 0.252 e. The van der Waals surface area contributed by atoms with Crippen LogP contribution in [0.1, 0.15) is 60.1 Å². The number of nitrogens with zero attached hydrogens (tertiary/aromatic N) is 1. The Bertz CT molecular complexity index is 981. The first-order valence-electron chi connectivity index (χ1n) is 10.4. The van der Waals surface area contributed by atoms with Crippen molar-refractivity contribution >= 4 is 15.9 Å². The van der Waals surface area contributed by atoms with Gasteiger partial charge in [0.25, 0.3) is 5.91 Å². The van der Waals surface area contributed by atoms with Gasteiger partial charge in [0.05, 0.1) is 18.0 Å². The second-order valence-electron chi connectivity index (χ2n) is 7.65. The van der Waals surface area contributed by atoms with Crippen molar-refractivity contribution in [1.29, 1.82) is 0 Å². The maximum atomic E-state index is 13.0. The van der Waals surface area contributed by atoms with Crippen molar-refractivity contribution < 1.29 is 17.9 Å². The summed E-state index contributed by atoms with van der Waals surface area (Å²) in [4.78, 5) is 13.2. The summed E-state index contributed by atoms with van der Waals surface area (Å²) in [5.41, 5.74) is 2.11. The minimum absolute atomic E-state index is 0.176. The first kappa shape index (κ1) is 22.3. The van der Waals surface area contributed by atoms with E-state index in [0.29, 0.717) is 25.1 Å². The predicted octanol–water partition coefficient (Wildman–Crippen LogP) is 4.06. The van der Waals surface area contributed by atoms with Crippen LogP contribution in [0, 0.1) is 6.92 Å². The number of carbonyl (C=O) groups is 1. The molecule has 0 aliphatic carbocycles. The van der Waals surface area contributed by atoms with E-state index in [1.54, 1.807) is 19.2 Å². The van der Waals surface area contributed by atoms with E-state index in [0.717, 1.165) is 36.1 Å². The number of hydrogen-bond acceptors (Lipinski definition) is 4. The summed E-state index contributed by atoms with van der Waals surface area (Å²) in [6.45, 7) is 4.89. The van der Waals surface area contributed by atoms with Crippen molar-refractivity contribution in [2.24, 2.45) is 0 Å². The number of carbonyl (C=O) groups excluding carboxylic acids is 1. The number of sulfonamides is 1. The van der Waals surface area contributed by atoms with Gasteiger partial charge in [0, 0.05) is 18.7 Å². The Morgan fingerprint density at radius 2 is 1.77 bits per heavy atom. The van der Waals surface area contributed by atoms with E-state index in [2.05, 4.69) is 5.32 Å². The largest absolute Gasteiger partial charge is 0.497 e. The molecule has 1 N–H and O–H groups in total. The molecule has 2 aromatic rings. The number of piperidine rings is 1. The Morgan fingerprint density at radius 3 is 2.37 bits per heavy atom. The van der Waals surface area contributed by atoms with Gasteiger partial charge in [-0.1, -0.05) is 31.5 Å². The molecule has 0 saturated carbocycles. The van der Waals surface area contributed by atoms with E-state index < -0.39 is 10.0 Å². The van der Waals surface area contributed by atoms with Crippen LogP contribution >= 0.6 is 0 Å². The number of nitrogens with one attached hydrogen (secondary N) is 1. The van der Waals surface area contributed by atoms with Crippen LogP contribution in [-0.4, -0.2) is 38.8 Å². The molecule has 30 heavy (non-hydrogen) atoms. The van der Waals surface area contributed by atoms with Gasteiger partial charge >= 0.3 is 0 Å². The number of amides is 1. The van der Waals surface area contributed by atoms with E-state index >= 15 is 0 Å². The van der Waals surface area contributed by atoms with Crippen molar-refractivity contribution in [2.45, 2.75) is 50.5 Å². The highest BCUT2D eigenvalue weighted by Crippen LogP contribution is 2.24. The highest BCUT2D eigenvalue weighted by Gasteiger charge is 2.27. The van der Waals surface area contributed by atoms with Gasteiger partial charge in [-0.3, -0.25) is 4.79 Å². The fourth-order valence-electron chi connectivity index (χ4n) is 3.75. The normalized spacial score (nSPS) is 16.1. The fraction of sp³-hybridized carbons (Fsp3) is 0.435. The second kappa shape index (κ2) is 9.62. The number of hydrogen-bond donors (Lipinski definition) is 1. The standard InChI is InChI=1S/C23H30N2O4S/c1-4-22(18-9-11-19(29-3)12-10-18)24-23(26)21-16-20(13-8-17(21)2)30(27,28)25-14-6-5-7-15-25/h8-13,16,22H,4-7,14-15H2,1-3H3,(H,24,26). The maximum absolute atomic E-state index is 13.0. The molecule has 1 amide bonds. The van der Waals surface area contributed by atoms with Crippen LogP contribution in [0.4, 0.5) is 0 Å². The Labute approximate surface area is 179 Å². The molecule has 7 heteroatoms. The molecule has 2 aromatic carbocycles. The lowest BCUT2D eigenvalue weighted by atomic mass is 10.0. The zero-order chi connectivity index (χ0) is 21.7. The van der Waals surface area contributed by atoms with Crippen molar-refractivity contribution in [3.05, 3.63) is 59.2 Å². The summed E-state index contributed by atoms with van der Waals surface area (Å²) in [5.74, 6) is 0.484. The quantitative estimate of drug-likeness (QED) is 0.719. The lowest BCUT2D eigenvalue weighted by Gasteiger charge is -2.26. The smallest absolute Gasteiger partial charge is 0.252 e. The molecular formula is C23H30N2O4S. The summed E-state index contributed by atoms with van der Waals surface area (Å²) in [7, 11) is -1.98. The number of aryl methyl sites for hydroxylation is 1. The van der Waals surface area contributed by atoms with E-state index in [1.807, 2.05) is 38.1 Å². The molecule has 0 radical (unpaired) electrons. The minimum Gasteiger partial charge on any atom is -0.497 e. The Hall–Kier alpha value is -2.38. The van der Waals surface area contributed by atoms with Crippen molar-refractivity contribution in [1.82, 2.24) is 9.62 Å². The lowest BCUT2D eigenvalue weighted by molar-refractivity contribution is 0.0934. The molecule has 0 aromatic heterocycles. The average Bonchev–Trinajstić information content (AvgIpc) is 2.78. The zero-order valence-electron chi connectivity index (χ0n) is 17.8. The van der Waals surface area contributed by atoms with Gasteiger partial charge in [-0.2, -0.15) is 4.31 Å². The van der Waals surface area contributed by atoms with Crippen LogP contribution in [0.25, 0.3) is 0 Å². The molecule has 1 aliphatic heterocycles. The monoisotopic (exact) mass is 430 g/mol. The zero-order valence-corrected chi connectivity index (χ0v) is 18.7. The number of rotatable bonds is 7. The summed E-state index contributed by atoms with van der Waals surface area (Å²) in [6.07, 6.45) is 3.51. The highest BCUT2D eigenvalue weighted by atomic mass is 32.2. The summed E-state index contributed by atoms with van der Waals surface area (Å²) in [6, 6.07) is 12.2. The molecule has 0 spiro atoms. The van der Waals surface area contributed by atoms with Crippen LogP contribution in [0.2, 0.25) is 0 Å². The SMILES string of the molecule is CCC(NC(=O)c1cc(S(=O)(=O)N2CCCCC2)ccc1C)c1ccc(OC)cc1. The van der Waals surface area contributed by atoms with Crippen molar-refractivity contribution in [2.75, 3.05) is 20.2 Å². The Balaban J connectivity index is 1.83. The molecule has 1 unspecified atom stereocenters. The molecule has 1 aliphatic rings. The topological polar surface area (TPSA) is 75.7 Å². The van der Waals surface area contributed by atoms with Crippen LogP contribution in [-0.2, 0) is 10.0 Å². The van der Waals surface area contributed by atoms with E-state index in [-0.39, 0.29) is 16.8 Å². The van der Waals surface area contributed by atoms with Gasteiger partial charge in [-0.25, -0.2) is 8.42 Å². The number of benzene rings is 2. The fourth-order valence-corrected chi connectivity index (χ4v) is 5.30. The minimum atomic E-state index is -3.59.